The molecule has 24 heavy (non-hydrogen) atoms. The van der Waals surface area contributed by atoms with Crippen molar-refractivity contribution in [3.05, 3.63) is 77.0 Å². The second-order valence-electron chi connectivity index (χ2n) is 5.19. The Morgan fingerprint density at radius 1 is 1.08 bits per heavy atom. The molecule has 0 bridgehead atoms. The van der Waals surface area contributed by atoms with E-state index in [1.54, 1.807) is 23.9 Å². The first-order valence-corrected chi connectivity index (χ1v) is 9.10. The van der Waals surface area contributed by atoms with Crippen LogP contribution in [-0.2, 0) is 6.54 Å². The van der Waals surface area contributed by atoms with Crippen LogP contribution >= 0.6 is 27.7 Å². The molecule has 0 spiro atoms. The van der Waals surface area contributed by atoms with Gasteiger partial charge in [0.1, 0.15) is 5.82 Å². The third-order valence-corrected chi connectivity index (χ3v) is 5.07. The summed E-state index contributed by atoms with van der Waals surface area (Å²) in [4.78, 5) is 0. The number of rotatable bonds is 6. The van der Waals surface area contributed by atoms with Gasteiger partial charge >= 0.3 is 0 Å². The summed E-state index contributed by atoms with van der Waals surface area (Å²) >= 11 is 4.93. The molecule has 0 saturated heterocycles. The molecule has 3 rings (SSSR count). The van der Waals surface area contributed by atoms with Gasteiger partial charge in [0, 0.05) is 11.3 Å². The minimum absolute atomic E-state index is 0.266. The summed E-state index contributed by atoms with van der Waals surface area (Å²) in [5, 5.41) is 9.42. The van der Waals surface area contributed by atoms with Gasteiger partial charge < -0.3 is 0 Å². The van der Waals surface area contributed by atoms with Crippen LogP contribution in [0.5, 0.6) is 0 Å². The molecule has 0 N–H and O–H groups in total. The molecule has 0 aliphatic rings. The summed E-state index contributed by atoms with van der Waals surface area (Å²) in [5.41, 5.74) is 1.99. The highest BCUT2D eigenvalue weighted by Gasteiger charge is 2.15. The van der Waals surface area contributed by atoms with Crippen molar-refractivity contribution >= 4 is 27.7 Å². The summed E-state index contributed by atoms with van der Waals surface area (Å²) in [7, 11) is 0. The third-order valence-electron chi connectivity index (χ3n) is 3.36. The SMILES string of the molecule is C=C(Br)CSc1nnc(-c2ccc(F)cc2)n1Cc1ccccc1. The molecule has 2 aromatic carbocycles. The van der Waals surface area contributed by atoms with Crippen LogP contribution in [-0.4, -0.2) is 20.5 Å². The van der Waals surface area contributed by atoms with Crippen LogP contribution in [0.3, 0.4) is 0 Å². The van der Waals surface area contributed by atoms with Crippen molar-refractivity contribution in [2.24, 2.45) is 0 Å². The van der Waals surface area contributed by atoms with E-state index in [4.69, 9.17) is 0 Å². The molecule has 0 amide bonds. The van der Waals surface area contributed by atoms with Crippen LogP contribution in [0.25, 0.3) is 11.4 Å². The molecule has 0 radical (unpaired) electrons. The maximum atomic E-state index is 13.2. The van der Waals surface area contributed by atoms with E-state index in [-0.39, 0.29) is 5.82 Å². The zero-order valence-electron chi connectivity index (χ0n) is 12.8. The fraction of sp³-hybridized carbons (Fsp3) is 0.111. The lowest BCUT2D eigenvalue weighted by Gasteiger charge is -2.10. The van der Waals surface area contributed by atoms with Crippen molar-refractivity contribution in [2.45, 2.75) is 11.7 Å². The van der Waals surface area contributed by atoms with E-state index in [2.05, 4.69) is 44.8 Å². The molecular weight excluding hydrogens is 389 g/mol. The molecule has 1 aromatic heterocycles. The van der Waals surface area contributed by atoms with Gasteiger partial charge in [-0.3, -0.25) is 4.57 Å². The minimum Gasteiger partial charge on any atom is -0.298 e. The monoisotopic (exact) mass is 403 g/mol. The van der Waals surface area contributed by atoms with Gasteiger partial charge in [-0.25, -0.2) is 4.39 Å². The Labute approximate surface area is 152 Å². The summed E-state index contributed by atoms with van der Waals surface area (Å²) in [5.74, 6) is 1.16. The predicted octanol–water partition coefficient (Wildman–Crippen LogP) is 5.13. The standard InChI is InChI=1S/C18H15BrFN3S/c1-13(19)12-24-18-22-21-17(15-7-9-16(20)10-8-15)23(18)11-14-5-3-2-4-6-14/h2-10H,1,11-12H2. The van der Waals surface area contributed by atoms with E-state index < -0.39 is 0 Å². The normalized spacial score (nSPS) is 10.8. The van der Waals surface area contributed by atoms with Crippen molar-refractivity contribution in [3.63, 3.8) is 0 Å². The van der Waals surface area contributed by atoms with Gasteiger partial charge in [-0.15, -0.1) is 10.2 Å². The van der Waals surface area contributed by atoms with Crippen molar-refractivity contribution in [1.29, 1.82) is 0 Å². The maximum Gasteiger partial charge on any atom is 0.192 e. The van der Waals surface area contributed by atoms with E-state index in [0.717, 1.165) is 26.6 Å². The van der Waals surface area contributed by atoms with Crippen molar-refractivity contribution in [3.8, 4) is 11.4 Å². The highest BCUT2D eigenvalue weighted by molar-refractivity contribution is 9.11. The van der Waals surface area contributed by atoms with Gasteiger partial charge in [0.05, 0.1) is 6.54 Å². The van der Waals surface area contributed by atoms with Crippen LogP contribution in [0, 0.1) is 5.82 Å². The van der Waals surface area contributed by atoms with E-state index >= 15 is 0 Å². The number of aromatic nitrogens is 3. The van der Waals surface area contributed by atoms with Crippen molar-refractivity contribution in [1.82, 2.24) is 14.8 Å². The van der Waals surface area contributed by atoms with E-state index in [0.29, 0.717) is 12.3 Å². The Bertz CT molecular complexity index is 831. The Kier molecular flexibility index (Phi) is 5.48. The first-order chi connectivity index (χ1) is 11.6. The topological polar surface area (TPSA) is 30.7 Å². The average molecular weight is 404 g/mol. The van der Waals surface area contributed by atoms with Gasteiger partial charge in [0.25, 0.3) is 0 Å². The van der Waals surface area contributed by atoms with Gasteiger partial charge in [0.15, 0.2) is 11.0 Å². The Hall–Kier alpha value is -1.92. The molecule has 122 valence electrons. The second-order valence-corrected chi connectivity index (χ2v) is 7.25. The quantitative estimate of drug-likeness (QED) is 0.534. The lowest BCUT2D eigenvalue weighted by molar-refractivity contribution is 0.628. The van der Waals surface area contributed by atoms with Crippen molar-refractivity contribution in [2.75, 3.05) is 5.75 Å². The van der Waals surface area contributed by atoms with Gasteiger partial charge in [0.2, 0.25) is 0 Å². The molecule has 3 aromatic rings. The fourth-order valence-electron chi connectivity index (χ4n) is 2.26. The van der Waals surface area contributed by atoms with Crippen LogP contribution < -0.4 is 0 Å². The third kappa shape index (κ3) is 4.13. The lowest BCUT2D eigenvalue weighted by Crippen LogP contribution is -2.04. The van der Waals surface area contributed by atoms with Crippen LogP contribution in [0.15, 0.2) is 70.8 Å². The highest BCUT2D eigenvalue weighted by Crippen LogP contribution is 2.27. The molecular formula is C18H15BrFN3S. The first kappa shape index (κ1) is 16.9. The molecule has 6 heteroatoms. The Morgan fingerprint density at radius 2 is 1.79 bits per heavy atom. The second kappa shape index (κ2) is 7.77. The van der Waals surface area contributed by atoms with Gasteiger partial charge in [-0.05, 0) is 34.3 Å². The van der Waals surface area contributed by atoms with Crippen LogP contribution in [0.4, 0.5) is 4.39 Å². The fourth-order valence-corrected chi connectivity index (χ4v) is 3.29. The van der Waals surface area contributed by atoms with Gasteiger partial charge in [-0.2, -0.15) is 0 Å². The number of nitrogens with zero attached hydrogens (tertiary/aromatic N) is 3. The van der Waals surface area contributed by atoms with Crippen LogP contribution in [0.1, 0.15) is 5.56 Å². The molecule has 1 heterocycles. The number of hydrogen-bond donors (Lipinski definition) is 0. The summed E-state index contributed by atoms with van der Waals surface area (Å²) in [6.45, 7) is 4.51. The van der Waals surface area contributed by atoms with Crippen LogP contribution in [0.2, 0.25) is 0 Å². The maximum absolute atomic E-state index is 13.2. The smallest absolute Gasteiger partial charge is 0.192 e. The molecule has 0 fully saturated rings. The number of thioether (sulfide) groups is 1. The molecule has 0 unspecified atom stereocenters. The van der Waals surface area contributed by atoms with E-state index in [9.17, 15) is 4.39 Å². The number of halogens is 2. The highest BCUT2D eigenvalue weighted by atomic mass is 79.9. The average Bonchev–Trinajstić information content (AvgIpc) is 2.97. The van der Waals surface area contributed by atoms with Crippen molar-refractivity contribution < 1.29 is 4.39 Å². The summed E-state index contributed by atoms with van der Waals surface area (Å²) in [6.07, 6.45) is 0. The lowest BCUT2D eigenvalue weighted by atomic mass is 10.2. The predicted molar refractivity (Wildman–Crippen MR) is 99.8 cm³/mol. The molecule has 0 atom stereocenters. The molecule has 0 aliphatic carbocycles. The Balaban J connectivity index is 1.98. The summed E-state index contributed by atoms with van der Waals surface area (Å²) in [6, 6.07) is 16.4. The molecule has 3 nitrogen and oxygen atoms in total. The molecule has 0 saturated carbocycles. The molecule has 0 aliphatic heterocycles. The Morgan fingerprint density at radius 3 is 2.46 bits per heavy atom. The zero-order chi connectivity index (χ0) is 16.9. The zero-order valence-corrected chi connectivity index (χ0v) is 15.2. The summed E-state index contributed by atoms with van der Waals surface area (Å²) < 4.78 is 16.1. The van der Waals surface area contributed by atoms with E-state index in [1.807, 2.05) is 22.8 Å². The first-order valence-electron chi connectivity index (χ1n) is 7.32. The van der Waals surface area contributed by atoms with Gasteiger partial charge in [-0.1, -0.05) is 64.6 Å². The number of hydrogen-bond acceptors (Lipinski definition) is 3. The largest absolute Gasteiger partial charge is 0.298 e. The minimum atomic E-state index is -0.266. The number of benzene rings is 2. The van der Waals surface area contributed by atoms with E-state index in [1.165, 1.54) is 12.1 Å².